The Bertz CT molecular complexity index is 1040. The number of nitrogens with one attached hydrogen (secondary N) is 1. The van der Waals surface area contributed by atoms with Crippen LogP contribution >= 0.6 is 0 Å². The SMILES string of the molecule is CO[C@H]1CN(C)C(=O)c2cc(NC(=O)C3CCC3)ccc2OC[C@H](C)N(Cc2ccccn2)C[C@@H]1C. The summed E-state index contributed by atoms with van der Waals surface area (Å²) in [6, 6.07) is 11.4. The van der Waals surface area contributed by atoms with Crippen LogP contribution in [0.15, 0.2) is 42.6 Å². The number of fused-ring (bicyclic) bond motifs is 1. The molecule has 1 aliphatic heterocycles. The molecule has 0 bridgehead atoms. The van der Waals surface area contributed by atoms with Crippen molar-refractivity contribution in [3.8, 4) is 5.75 Å². The summed E-state index contributed by atoms with van der Waals surface area (Å²) in [4.78, 5) is 34.6. The molecule has 36 heavy (non-hydrogen) atoms. The molecule has 0 saturated heterocycles. The van der Waals surface area contributed by atoms with Crippen LogP contribution in [0.25, 0.3) is 0 Å². The molecule has 0 unspecified atom stereocenters. The first-order chi connectivity index (χ1) is 17.4. The van der Waals surface area contributed by atoms with Crippen LogP contribution in [0, 0.1) is 11.8 Å². The molecule has 8 nitrogen and oxygen atoms in total. The predicted octanol–water partition coefficient (Wildman–Crippen LogP) is 3.83. The van der Waals surface area contributed by atoms with E-state index in [2.05, 4.69) is 29.0 Å². The summed E-state index contributed by atoms with van der Waals surface area (Å²) < 4.78 is 12.1. The first-order valence-electron chi connectivity index (χ1n) is 12.9. The number of hydrogen-bond acceptors (Lipinski definition) is 6. The average Bonchev–Trinajstić information content (AvgIpc) is 2.84. The third-order valence-corrected chi connectivity index (χ3v) is 7.41. The van der Waals surface area contributed by atoms with E-state index in [4.69, 9.17) is 9.47 Å². The molecule has 1 aliphatic carbocycles. The normalized spacial score (nSPS) is 24.1. The lowest BCUT2D eigenvalue weighted by Gasteiger charge is -2.36. The third-order valence-electron chi connectivity index (χ3n) is 7.41. The zero-order valence-electron chi connectivity index (χ0n) is 21.8. The Morgan fingerprint density at radius 1 is 1.19 bits per heavy atom. The number of carbonyl (C=O) groups is 2. The zero-order valence-corrected chi connectivity index (χ0v) is 21.8. The summed E-state index contributed by atoms with van der Waals surface area (Å²) in [6.45, 7) is 6.61. The number of aromatic nitrogens is 1. The molecule has 1 fully saturated rings. The standard InChI is InChI=1S/C28H38N4O4/c1-19-15-32(16-23-10-5-6-13-29-23)20(2)18-36-25-12-11-22(30-27(33)21-8-7-9-21)14-24(25)28(34)31(3)17-26(19)35-4/h5-6,10-14,19-21,26H,7-9,15-18H2,1-4H3,(H,30,33)/t19-,20-,26-/m0/s1. The maximum atomic E-state index is 13.5. The van der Waals surface area contributed by atoms with Crippen LogP contribution in [0.5, 0.6) is 5.75 Å². The highest BCUT2D eigenvalue weighted by atomic mass is 16.5. The lowest BCUT2D eigenvalue weighted by molar-refractivity contribution is -0.122. The summed E-state index contributed by atoms with van der Waals surface area (Å²) in [7, 11) is 3.48. The van der Waals surface area contributed by atoms with E-state index in [1.807, 2.05) is 30.5 Å². The van der Waals surface area contributed by atoms with Crippen molar-refractivity contribution in [2.24, 2.45) is 11.8 Å². The van der Waals surface area contributed by atoms with Gasteiger partial charge >= 0.3 is 0 Å². The highest BCUT2D eigenvalue weighted by Crippen LogP contribution is 2.30. The number of pyridine rings is 1. The molecule has 1 aromatic heterocycles. The third kappa shape index (κ3) is 6.23. The summed E-state index contributed by atoms with van der Waals surface area (Å²) in [5.74, 6) is 0.611. The van der Waals surface area contributed by atoms with Gasteiger partial charge in [-0.25, -0.2) is 0 Å². The van der Waals surface area contributed by atoms with E-state index in [0.29, 0.717) is 36.7 Å². The van der Waals surface area contributed by atoms with E-state index in [0.717, 1.165) is 31.5 Å². The highest BCUT2D eigenvalue weighted by Gasteiger charge is 2.29. The summed E-state index contributed by atoms with van der Waals surface area (Å²) in [5, 5.41) is 2.98. The average molecular weight is 495 g/mol. The topological polar surface area (TPSA) is 84.0 Å². The minimum atomic E-state index is -0.155. The largest absolute Gasteiger partial charge is 0.491 e. The minimum Gasteiger partial charge on any atom is -0.491 e. The first kappa shape index (κ1) is 26.1. The molecule has 194 valence electrons. The second-order valence-electron chi connectivity index (χ2n) is 10.2. The van der Waals surface area contributed by atoms with E-state index in [1.165, 1.54) is 0 Å². The van der Waals surface area contributed by atoms with Gasteiger partial charge in [0.1, 0.15) is 12.4 Å². The molecule has 3 atom stereocenters. The monoisotopic (exact) mass is 494 g/mol. The van der Waals surface area contributed by atoms with E-state index < -0.39 is 0 Å². The van der Waals surface area contributed by atoms with Crippen molar-refractivity contribution in [1.82, 2.24) is 14.8 Å². The van der Waals surface area contributed by atoms with Gasteiger partial charge in [0.05, 0.1) is 17.4 Å². The van der Waals surface area contributed by atoms with Crippen molar-refractivity contribution in [3.05, 3.63) is 53.9 Å². The second-order valence-corrected chi connectivity index (χ2v) is 10.2. The van der Waals surface area contributed by atoms with Crippen molar-refractivity contribution in [2.75, 3.05) is 39.2 Å². The molecule has 0 radical (unpaired) electrons. The van der Waals surface area contributed by atoms with E-state index >= 15 is 0 Å². The van der Waals surface area contributed by atoms with Crippen molar-refractivity contribution < 1.29 is 19.1 Å². The van der Waals surface area contributed by atoms with Gasteiger partial charge in [-0.05, 0) is 56.0 Å². The van der Waals surface area contributed by atoms with E-state index in [-0.39, 0.29) is 35.8 Å². The van der Waals surface area contributed by atoms with Crippen LogP contribution in [0.3, 0.4) is 0 Å². The molecule has 2 heterocycles. The fraction of sp³-hybridized carbons (Fsp3) is 0.536. The highest BCUT2D eigenvalue weighted by molar-refractivity contribution is 6.00. The Morgan fingerprint density at radius 2 is 2.00 bits per heavy atom. The Labute approximate surface area is 214 Å². The lowest BCUT2D eigenvalue weighted by atomic mass is 9.85. The summed E-state index contributed by atoms with van der Waals surface area (Å²) in [5.41, 5.74) is 2.05. The van der Waals surface area contributed by atoms with Crippen LogP contribution in [0.4, 0.5) is 5.69 Å². The fourth-order valence-electron chi connectivity index (χ4n) is 4.76. The van der Waals surface area contributed by atoms with Crippen LogP contribution < -0.4 is 10.1 Å². The van der Waals surface area contributed by atoms with Crippen LogP contribution in [-0.2, 0) is 16.1 Å². The minimum absolute atomic E-state index is 0.0168. The molecule has 2 amide bonds. The van der Waals surface area contributed by atoms with E-state index in [1.54, 1.807) is 31.2 Å². The quantitative estimate of drug-likeness (QED) is 0.680. The van der Waals surface area contributed by atoms with Gasteiger partial charge < -0.3 is 19.7 Å². The first-order valence-corrected chi connectivity index (χ1v) is 12.9. The fourth-order valence-corrected chi connectivity index (χ4v) is 4.76. The number of benzene rings is 1. The number of likely N-dealkylation sites (N-methyl/N-ethyl adjacent to an activating group) is 1. The molecule has 8 heteroatoms. The number of rotatable bonds is 5. The number of nitrogens with zero attached hydrogens (tertiary/aromatic N) is 3. The maximum absolute atomic E-state index is 13.5. The number of carbonyl (C=O) groups excluding carboxylic acids is 2. The molecule has 1 N–H and O–H groups in total. The second kappa shape index (κ2) is 11.8. The van der Waals surface area contributed by atoms with Gasteiger partial charge in [-0.15, -0.1) is 0 Å². The predicted molar refractivity (Wildman–Crippen MR) is 139 cm³/mol. The van der Waals surface area contributed by atoms with Gasteiger partial charge in [0.2, 0.25) is 5.91 Å². The number of methoxy groups -OCH3 is 1. The Hall–Kier alpha value is -2.97. The Kier molecular flexibility index (Phi) is 8.59. The van der Waals surface area contributed by atoms with E-state index in [9.17, 15) is 9.59 Å². The molecular weight excluding hydrogens is 456 g/mol. The maximum Gasteiger partial charge on any atom is 0.257 e. The van der Waals surface area contributed by atoms with Crippen molar-refractivity contribution >= 4 is 17.5 Å². The molecule has 1 saturated carbocycles. The van der Waals surface area contributed by atoms with Gasteiger partial charge in [-0.3, -0.25) is 19.5 Å². The number of hydrogen-bond donors (Lipinski definition) is 1. The summed E-state index contributed by atoms with van der Waals surface area (Å²) in [6.07, 6.45) is 4.61. The molecule has 2 aromatic rings. The smallest absolute Gasteiger partial charge is 0.257 e. The Balaban J connectivity index is 1.60. The van der Waals surface area contributed by atoms with Gasteiger partial charge in [0, 0.05) is 57.6 Å². The van der Waals surface area contributed by atoms with Crippen molar-refractivity contribution in [3.63, 3.8) is 0 Å². The van der Waals surface area contributed by atoms with Crippen molar-refractivity contribution in [2.45, 2.75) is 51.8 Å². The Morgan fingerprint density at radius 3 is 2.67 bits per heavy atom. The molecular formula is C28H38N4O4. The number of ether oxygens (including phenoxy) is 2. The molecule has 2 aliphatic rings. The zero-order chi connectivity index (χ0) is 25.7. The van der Waals surface area contributed by atoms with Gasteiger partial charge in [0.15, 0.2) is 0 Å². The molecule has 4 rings (SSSR count). The molecule has 1 aromatic carbocycles. The number of anilines is 1. The van der Waals surface area contributed by atoms with Gasteiger partial charge in [-0.1, -0.05) is 19.4 Å². The lowest BCUT2D eigenvalue weighted by Crippen LogP contribution is -2.46. The number of amides is 2. The van der Waals surface area contributed by atoms with Gasteiger partial charge in [0.25, 0.3) is 5.91 Å². The summed E-state index contributed by atoms with van der Waals surface area (Å²) >= 11 is 0. The van der Waals surface area contributed by atoms with Crippen LogP contribution in [0.2, 0.25) is 0 Å². The van der Waals surface area contributed by atoms with Crippen LogP contribution in [-0.4, -0.2) is 72.6 Å². The van der Waals surface area contributed by atoms with Gasteiger partial charge in [-0.2, -0.15) is 0 Å². The van der Waals surface area contributed by atoms with Crippen LogP contribution in [0.1, 0.15) is 49.2 Å². The molecule has 0 spiro atoms. The van der Waals surface area contributed by atoms with Crippen molar-refractivity contribution in [1.29, 1.82) is 0 Å².